The van der Waals surface area contributed by atoms with Gasteiger partial charge >= 0.3 is 0 Å². The van der Waals surface area contributed by atoms with E-state index in [-0.39, 0.29) is 24.4 Å². The molecular weight excluding hydrogens is 252 g/mol. The highest BCUT2D eigenvalue weighted by atomic mass is 35.5. The molecule has 1 heterocycles. The molecule has 1 atom stereocenters. The van der Waals surface area contributed by atoms with E-state index in [1.807, 2.05) is 24.0 Å². The van der Waals surface area contributed by atoms with Crippen LogP contribution in [0.3, 0.4) is 0 Å². The molecule has 1 aromatic rings. The third-order valence-corrected chi connectivity index (χ3v) is 2.93. The molecule has 0 radical (unpaired) electrons. The highest BCUT2D eigenvalue weighted by Crippen LogP contribution is 2.15. The van der Waals surface area contributed by atoms with Crippen LogP contribution in [0.1, 0.15) is 23.7 Å². The van der Waals surface area contributed by atoms with E-state index in [4.69, 9.17) is 10.5 Å². The summed E-state index contributed by atoms with van der Waals surface area (Å²) in [6.45, 7) is 4.07. The lowest BCUT2D eigenvalue weighted by molar-refractivity contribution is 0.0563. The van der Waals surface area contributed by atoms with Crippen molar-refractivity contribution in [3.8, 4) is 0 Å². The van der Waals surface area contributed by atoms with Gasteiger partial charge in [-0.25, -0.2) is 0 Å². The van der Waals surface area contributed by atoms with Gasteiger partial charge < -0.3 is 15.4 Å². The van der Waals surface area contributed by atoms with Crippen molar-refractivity contribution >= 4 is 24.0 Å². The van der Waals surface area contributed by atoms with E-state index in [2.05, 4.69) is 0 Å². The van der Waals surface area contributed by atoms with Crippen molar-refractivity contribution in [2.75, 3.05) is 25.4 Å². The molecule has 2 rings (SSSR count). The Morgan fingerprint density at radius 1 is 1.44 bits per heavy atom. The van der Waals surface area contributed by atoms with Crippen LogP contribution in [0.4, 0.5) is 5.69 Å². The van der Waals surface area contributed by atoms with Gasteiger partial charge in [-0.15, -0.1) is 12.4 Å². The first kappa shape index (κ1) is 14.8. The van der Waals surface area contributed by atoms with Crippen molar-refractivity contribution in [2.45, 2.75) is 19.4 Å². The van der Waals surface area contributed by atoms with Gasteiger partial charge in [-0.3, -0.25) is 4.79 Å². The highest BCUT2D eigenvalue weighted by molar-refractivity contribution is 5.99. The Kier molecular flexibility index (Phi) is 5.44. The van der Waals surface area contributed by atoms with Crippen molar-refractivity contribution in [2.24, 2.45) is 0 Å². The summed E-state index contributed by atoms with van der Waals surface area (Å²) in [7, 11) is 0. The molecule has 100 valence electrons. The number of anilines is 1. The van der Waals surface area contributed by atoms with Gasteiger partial charge in [0, 0.05) is 25.4 Å². The molecule has 18 heavy (non-hydrogen) atoms. The number of carbonyl (C=O) groups excluding carboxylic acids is 1. The van der Waals surface area contributed by atoms with Gasteiger partial charge in [0.05, 0.1) is 11.7 Å². The average Bonchev–Trinajstić information content (AvgIpc) is 2.54. The van der Waals surface area contributed by atoms with E-state index in [1.54, 1.807) is 12.1 Å². The molecule has 0 aliphatic carbocycles. The second-order valence-corrected chi connectivity index (χ2v) is 4.37. The summed E-state index contributed by atoms with van der Waals surface area (Å²) in [6.07, 6.45) is 0.967. The molecule has 2 N–H and O–H groups in total. The van der Waals surface area contributed by atoms with E-state index in [0.29, 0.717) is 17.8 Å². The summed E-state index contributed by atoms with van der Waals surface area (Å²) < 4.78 is 5.52. The minimum absolute atomic E-state index is 0. The van der Waals surface area contributed by atoms with Crippen molar-refractivity contribution in [3.05, 3.63) is 29.8 Å². The Balaban J connectivity index is 0.00000162. The summed E-state index contributed by atoms with van der Waals surface area (Å²) in [4.78, 5) is 14.1. The number of rotatable bonds is 1. The molecule has 0 bridgehead atoms. The van der Waals surface area contributed by atoms with Crippen LogP contribution >= 0.6 is 12.4 Å². The van der Waals surface area contributed by atoms with Crippen LogP contribution < -0.4 is 5.73 Å². The maximum absolute atomic E-state index is 12.3. The Morgan fingerprint density at radius 2 is 2.17 bits per heavy atom. The smallest absolute Gasteiger partial charge is 0.256 e. The minimum Gasteiger partial charge on any atom is -0.398 e. The number of benzene rings is 1. The van der Waals surface area contributed by atoms with Crippen LogP contribution in [0.5, 0.6) is 0 Å². The van der Waals surface area contributed by atoms with Gasteiger partial charge in [0.25, 0.3) is 5.91 Å². The van der Waals surface area contributed by atoms with Crippen molar-refractivity contribution < 1.29 is 9.53 Å². The number of nitrogens with zero attached hydrogens (tertiary/aromatic N) is 1. The largest absolute Gasteiger partial charge is 0.398 e. The fourth-order valence-corrected chi connectivity index (χ4v) is 2.04. The topological polar surface area (TPSA) is 55.6 Å². The first-order valence-corrected chi connectivity index (χ1v) is 5.94. The van der Waals surface area contributed by atoms with Gasteiger partial charge in [0.15, 0.2) is 0 Å². The van der Waals surface area contributed by atoms with Crippen LogP contribution in [0.15, 0.2) is 24.3 Å². The molecule has 1 fully saturated rings. The Bertz CT molecular complexity index is 412. The van der Waals surface area contributed by atoms with Crippen LogP contribution in [0, 0.1) is 0 Å². The zero-order valence-corrected chi connectivity index (χ0v) is 11.3. The summed E-state index contributed by atoms with van der Waals surface area (Å²) in [5.74, 6) is 0.000417. The van der Waals surface area contributed by atoms with Crippen molar-refractivity contribution in [1.29, 1.82) is 0 Å². The monoisotopic (exact) mass is 270 g/mol. The predicted molar refractivity (Wildman–Crippen MR) is 74.0 cm³/mol. The first-order chi connectivity index (χ1) is 8.18. The Morgan fingerprint density at radius 3 is 2.89 bits per heavy atom. The van der Waals surface area contributed by atoms with Crippen LogP contribution in [-0.2, 0) is 4.74 Å². The van der Waals surface area contributed by atoms with E-state index >= 15 is 0 Å². The first-order valence-electron chi connectivity index (χ1n) is 5.94. The van der Waals surface area contributed by atoms with E-state index < -0.39 is 0 Å². The Labute approximate surface area is 114 Å². The van der Waals surface area contributed by atoms with Crippen molar-refractivity contribution in [3.63, 3.8) is 0 Å². The van der Waals surface area contributed by atoms with Crippen LogP contribution in [-0.4, -0.2) is 36.6 Å². The summed E-state index contributed by atoms with van der Waals surface area (Å²) >= 11 is 0. The fraction of sp³-hybridized carbons (Fsp3) is 0.462. The van der Waals surface area contributed by atoms with Gasteiger partial charge in [-0.05, 0) is 25.5 Å². The van der Waals surface area contributed by atoms with Crippen molar-refractivity contribution in [1.82, 2.24) is 4.90 Å². The number of hydrogen-bond donors (Lipinski definition) is 1. The molecule has 1 unspecified atom stereocenters. The lowest BCUT2D eigenvalue weighted by atomic mass is 10.1. The molecule has 5 heteroatoms. The molecule has 1 amide bonds. The Hall–Kier alpha value is -1.26. The third-order valence-electron chi connectivity index (χ3n) is 2.93. The number of halogens is 1. The molecule has 1 aliphatic rings. The maximum atomic E-state index is 12.3. The van der Waals surface area contributed by atoms with E-state index in [1.165, 1.54) is 0 Å². The maximum Gasteiger partial charge on any atom is 0.256 e. The molecule has 0 aromatic heterocycles. The zero-order valence-electron chi connectivity index (χ0n) is 10.5. The molecule has 1 aliphatic heterocycles. The molecule has 0 saturated carbocycles. The second kappa shape index (κ2) is 6.61. The number of ether oxygens (including phenoxy) is 1. The minimum atomic E-state index is 0. The van der Waals surface area contributed by atoms with Crippen LogP contribution in [0.2, 0.25) is 0 Å². The molecular formula is C13H19ClN2O2. The summed E-state index contributed by atoms with van der Waals surface area (Å²) in [6, 6.07) is 7.20. The van der Waals surface area contributed by atoms with E-state index in [9.17, 15) is 4.79 Å². The molecule has 1 saturated heterocycles. The van der Waals surface area contributed by atoms with Gasteiger partial charge in [0.2, 0.25) is 0 Å². The number of para-hydroxylation sites is 1. The molecule has 0 spiro atoms. The van der Waals surface area contributed by atoms with Gasteiger partial charge in [-0.2, -0.15) is 0 Å². The second-order valence-electron chi connectivity index (χ2n) is 4.37. The number of nitrogens with two attached hydrogens (primary N) is 1. The van der Waals surface area contributed by atoms with E-state index in [0.717, 1.165) is 19.6 Å². The lowest BCUT2D eigenvalue weighted by Crippen LogP contribution is -2.36. The highest BCUT2D eigenvalue weighted by Gasteiger charge is 2.22. The molecule has 4 nitrogen and oxygen atoms in total. The summed E-state index contributed by atoms with van der Waals surface area (Å²) in [5, 5.41) is 0. The molecule has 1 aromatic carbocycles. The zero-order chi connectivity index (χ0) is 12.3. The third kappa shape index (κ3) is 3.37. The lowest BCUT2D eigenvalue weighted by Gasteiger charge is -2.22. The van der Waals surface area contributed by atoms with Gasteiger partial charge in [0.1, 0.15) is 0 Å². The van der Waals surface area contributed by atoms with Gasteiger partial charge in [-0.1, -0.05) is 12.1 Å². The fourth-order valence-electron chi connectivity index (χ4n) is 2.04. The number of carbonyl (C=O) groups is 1. The SMILES string of the molecule is CC1CN(C(=O)c2ccccc2N)CCCO1.Cl. The normalized spacial score (nSPS) is 19.8. The standard InChI is InChI=1S/C13H18N2O2.ClH/c1-10-9-15(7-4-8-17-10)13(16)11-5-2-3-6-12(11)14;/h2-3,5-6,10H,4,7-9,14H2,1H3;1H. The average molecular weight is 271 g/mol. The van der Waals surface area contributed by atoms with Crippen LogP contribution in [0.25, 0.3) is 0 Å². The number of nitrogen functional groups attached to an aromatic ring is 1. The quantitative estimate of drug-likeness (QED) is 0.794. The summed E-state index contributed by atoms with van der Waals surface area (Å²) in [5.41, 5.74) is 6.95. The number of amides is 1. The number of hydrogen-bond acceptors (Lipinski definition) is 3. The predicted octanol–water partition coefficient (Wildman–Crippen LogP) is 1.94.